The molecule has 2 N–H and O–H groups in total. The van der Waals surface area contributed by atoms with Gasteiger partial charge in [-0.05, 0) is 49.4 Å². The number of aliphatic carboxylic acids is 1. The van der Waals surface area contributed by atoms with Crippen molar-refractivity contribution < 1.29 is 15.0 Å². The summed E-state index contributed by atoms with van der Waals surface area (Å²) in [4.78, 5) is 11.2. The van der Waals surface area contributed by atoms with E-state index in [0.717, 1.165) is 25.7 Å². The van der Waals surface area contributed by atoms with Crippen LogP contribution in [0.3, 0.4) is 0 Å². The quantitative estimate of drug-likeness (QED) is 0.806. The molecular formula is C16H28O3. The number of carboxylic acid groups (broad SMARTS) is 1. The van der Waals surface area contributed by atoms with E-state index in [4.69, 9.17) is 0 Å². The molecule has 0 saturated heterocycles. The first-order valence-electron chi connectivity index (χ1n) is 7.54. The van der Waals surface area contributed by atoms with Crippen molar-refractivity contribution in [2.45, 2.75) is 71.8 Å². The van der Waals surface area contributed by atoms with E-state index in [1.807, 2.05) is 6.92 Å². The first kappa shape index (κ1) is 14.8. The predicted octanol–water partition coefficient (Wildman–Crippen LogP) is 3.45. The third-order valence-electron chi connectivity index (χ3n) is 6.14. The number of fused-ring (bicyclic) bond motifs is 1. The van der Waals surface area contributed by atoms with Crippen LogP contribution in [0, 0.1) is 22.7 Å². The van der Waals surface area contributed by atoms with E-state index in [1.165, 1.54) is 6.42 Å². The molecule has 0 aromatic carbocycles. The Hall–Kier alpha value is -0.570. The Balaban J connectivity index is 2.38. The average Bonchev–Trinajstić information content (AvgIpc) is 2.22. The zero-order valence-corrected chi connectivity index (χ0v) is 12.7. The van der Waals surface area contributed by atoms with Crippen LogP contribution in [0.2, 0.25) is 0 Å². The maximum absolute atomic E-state index is 11.2. The van der Waals surface area contributed by atoms with Gasteiger partial charge in [0.2, 0.25) is 0 Å². The number of carbonyl (C=O) groups is 1. The second-order valence-corrected chi connectivity index (χ2v) is 7.95. The van der Waals surface area contributed by atoms with Crippen LogP contribution < -0.4 is 0 Å². The second-order valence-electron chi connectivity index (χ2n) is 7.95. The minimum atomic E-state index is -0.836. The Morgan fingerprint density at radius 2 is 1.79 bits per heavy atom. The molecule has 0 heterocycles. The standard InChI is InChI=1S/C16H28O3/c1-14(2)7-5-8-15(3)11(14)6-9-16(4,19)12(15)10-13(17)18/h11-12,19H,5-10H2,1-4H3,(H,17,18)/t11-,12-,15+,16-/m0/s1. The maximum Gasteiger partial charge on any atom is 0.303 e. The maximum atomic E-state index is 11.2. The molecule has 2 fully saturated rings. The van der Waals surface area contributed by atoms with E-state index < -0.39 is 11.6 Å². The monoisotopic (exact) mass is 268 g/mol. The molecule has 0 aromatic rings. The molecule has 4 atom stereocenters. The molecule has 0 amide bonds. The molecule has 0 aromatic heterocycles. The van der Waals surface area contributed by atoms with Gasteiger partial charge in [-0.3, -0.25) is 4.79 Å². The average molecular weight is 268 g/mol. The van der Waals surface area contributed by atoms with Crippen molar-refractivity contribution in [2.75, 3.05) is 0 Å². The summed E-state index contributed by atoms with van der Waals surface area (Å²) in [6.07, 6.45) is 5.26. The van der Waals surface area contributed by atoms with Crippen molar-refractivity contribution in [3.05, 3.63) is 0 Å². The zero-order chi connectivity index (χ0) is 14.5. The van der Waals surface area contributed by atoms with E-state index in [0.29, 0.717) is 5.92 Å². The molecule has 2 saturated carbocycles. The summed E-state index contributed by atoms with van der Waals surface area (Å²) in [6.45, 7) is 8.68. The molecule has 3 nitrogen and oxygen atoms in total. The number of aliphatic hydroxyl groups is 1. The van der Waals surface area contributed by atoms with Crippen LogP contribution in [0.4, 0.5) is 0 Å². The third-order valence-corrected chi connectivity index (χ3v) is 6.14. The van der Waals surface area contributed by atoms with Gasteiger partial charge in [-0.1, -0.05) is 27.2 Å². The minimum absolute atomic E-state index is 0.0398. The SMILES string of the molecule is CC1(C)CCC[C@]2(C)[C@H]1CC[C@](C)(O)[C@H]2CC(=O)O. The predicted molar refractivity (Wildman–Crippen MR) is 74.8 cm³/mol. The van der Waals surface area contributed by atoms with E-state index in [2.05, 4.69) is 20.8 Å². The number of rotatable bonds is 2. The van der Waals surface area contributed by atoms with Crippen molar-refractivity contribution in [2.24, 2.45) is 22.7 Å². The first-order valence-corrected chi connectivity index (χ1v) is 7.54. The molecule has 0 radical (unpaired) electrons. The Bertz CT molecular complexity index is 372. The second kappa shape index (κ2) is 4.47. The van der Waals surface area contributed by atoms with Crippen molar-refractivity contribution in [3.8, 4) is 0 Å². The lowest BCUT2D eigenvalue weighted by atomic mass is 9.45. The van der Waals surface area contributed by atoms with E-state index in [-0.39, 0.29) is 23.2 Å². The third kappa shape index (κ3) is 2.42. The normalized spacial score (nSPS) is 45.5. The van der Waals surface area contributed by atoms with Gasteiger partial charge in [-0.2, -0.15) is 0 Å². The van der Waals surface area contributed by atoms with Gasteiger partial charge in [0.05, 0.1) is 12.0 Å². The van der Waals surface area contributed by atoms with Gasteiger partial charge in [0.25, 0.3) is 0 Å². The van der Waals surface area contributed by atoms with Gasteiger partial charge in [-0.25, -0.2) is 0 Å². The summed E-state index contributed by atoms with van der Waals surface area (Å²) >= 11 is 0. The van der Waals surface area contributed by atoms with Crippen LogP contribution in [0.15, 0.2) is 0 Å². The highest BCUT2D eigenvalue weighted by atomic mass is 16.4. The summed E-state index contributed by atoms with van der Waals surface area (Å²) in [7, 11) is 0. The lowest BCUT2D eigenvalue weighted by molar-refractivity contribution is -0.178. The topological polar surface area (TPSA) is 57.5 Å². The van der Waals surface area contributed by atoms with Crippen LogP contribution in [0.1, 0.15) is 66.2 Å². The summed E-state index contributed by atoms with van der Waals surface area (Å²) in [5.74, 6) is -0.385. The van der Waals surface area contributed by atoms with Crippen LogP contribution in [-0.2, 0) is 4.79 Å². The fraction of sp³-hybridized carbons (Fsp3) is 0.938. The highest BCUT2D eigenvalue weighted by Gasteiger charge is 2.58. The molecule has 0 spiro atoms. The number of hydrogen-bond acceptors (Lipinski definition) is 2. The van der Waals surface area contributed by atoms with Crippen molar-refractivity contribution in [1.29, 1.82) is 0 Å². The molecule has 2 rings (SSSR count). The smallest absolute Gasteiger partial charge is 0.303 e. The fourth-order valence-electron chi connectivity index (χ4n) is 5.25. The zero-order valence-electron chi connectivity index (χ0n) is 12.7. The van der Waals surface area contributed by atoms with Crippen LogP contribution in [-0.4, -0.2) is 21.8 Å². The van der Waals surface area contributed by atoms with E-state index in [1.54, 1.807) is 0 Å². The Morgan fingerprint density at radius 1 is 1.16 bits per heavy atom. The highest BCUT2D eigenvalue weighted by molar-refractivity contribution is 5.67. The molecule has 2 aliphatic rings. The summed E-state index contributed by atoms with van der Waals surface area (Å²) in [5.41, 5.74) is -0.612. The number of carboxylic acids is 1. The number of hydrogen-bond donors (Lipinski definition) is 2. The van der Waals surface area contributed by atoms with Gasteiger partial charge in [0.1, 0.15) is 0 Å². The molecule has 3 heteroatoms. The van der Waals surface area contributed by atoms with E-state index >= 15 is 0 Å². The largest absolute Gasteiger partial charge is 0.481 e. The summed E-state index contributed by atoms with van der Waals surface area (Å²) < 4.78 is 0. The lowest BCUT2D eigenvalue weighted by Gasteiger charge is -2.61. The Morgan fingerprint density at radius 3 is 2.37 bits per heavy atom. The van der Waals surface area contributed by atoms with Crippen molar-refractivity contribution in [1.82, 2.24) is 0 Å². The molecule has 0 bridgehead atoms. The Labute approximate surface area is 116 Å². The summed E-state index contributed by atoms with van der Waals surface area (Å²) in [6, 6.07) is 0. The van der Waals surface area contributed by atoms with Crippen molar-refractivity contribution >= 4 is 5.97 Å². The molecule has 2 aliphatic carbocycles. The fourth-order valence-corrected chi connectivity index (χ4v) is 5.25. The van der Waals surface area contributed by atoms with Gasteiger partial charge in [-0.15, -0.1) is 0 Å². The molecule has 19 heavy (non-hydrogen) atoms. The minimum Gasteiger partial charge on any atom is -0.481 e. The van der Waals surface area contributed by atoms with Gasteiger partial charge in [0.15, 0.2) is 0 Å². The van der Waals surface area contributed by atoms with Gasteiger partial charge < -0.3 is 10.2 Å². The molecule has 0 aliphatic heterocycles. The highest BCUT2D eigenvalue weighted by Crippen LogP contribution is 2.62. The van der Waals surface area contributed by atoms with Gasteiger partial charge >= 0.3 is 5.97 Å². The summed E-state index contributed by atoms with van der Waals surface area (Å²) in [5, 5.41) is 19.9. The first-order chi connectivity index (χ1) is 8.59. The molecular weight excluding hydrogens is 240 g/mol. The molecule has 0 unspecified atom stereocenters. The molecule has 110 valence electrons. The van der Waals surface area contributed by atoms with Crippen molar-refractivity contribution in [3.63, 3.8) is 0 Å². The van der Waals surface area contributed by atoms with Crippen LogP contribution in [0.25, 0.3) is 0 Å². The Kier molecular flexibility index (Phi) is 3.49. The van der Waals surface area contributed by atoms with Crippen LogP contribution >= 0.6 is 0 Å². The lowest BCUT2D eigenvalue weighted by Crippen LogP contribution is -2.58. The van der Waals surface area contributed by atoms with Gasteiger partial charge in [0, 0.05) is 5.92 Å². The van der Waals surface area contributed by atoms with E-state index in [9.17, 15) is 15.0 Å². The van der Waals surface area contributed by atoms with Crippen LogP contribution in [0.5, 0.6) is 0 Å².